The highest BCUT2D eigenvalue weighted by atomic mass is 32.2. The lowest BCUT2D eigenvalue weighted by molar-refractivity contribution is 0.0600. The molecule has 0 radical (unpaired) electrons. The average Bonchev–Trinajstić information content (AvgIpc) is 2.89. The smallest absolute Gasteiger partial charge is 0.337 e. The van der Waals surface area contributed by atoms with Gasteiger partial charge in [0.25, 0.3) is 0 Å². The maximum atomic E-state index is 12.6. The summed E-state index contributed by atoms with van der Waals surface area (Å²) in [6, 6.07) is 17.5. The molecule has 10 heteroatoms. The van der Waals surface area contributed by atoms with E-state index in [1.54, 1.807) is 50.4 Å². The van der Waals surface area contributed by atoms with Gasteiger partial charge in [-0.05, 0) is 42.0 Å². The number of nitrogens with one attached hydrogen (secondary N) is 1. The monoisotopic (exact) mass is 496 g/mol. The first kappa shape index (κ1) is 25.9. The van der Waals surface area contributed by atoms with Gasteiger partial charge in [0.1, 0.15) is 23.1 Å². The standard InChI is InChI=1S/C25H28N4O5S/c1-4-29(5-2)35(31,32)22-14-15-24(26-17-22)28-27-16-21-8-6-7-9-23(21)34-18-19-10-12-20(13-11-19)25(30)33-3/h6-17H,4-5,18H2,1-3H3,(H,26,28)/b27-16-. The third kappa shape index (κ3) is 6.65. The molecule has 0 saturated carbocycles. The number of benzene rings is 2. The zero-order chi connectivity index (χ0) is 25.3. The van der Waals surface area contributed by atoms with Crippen LogP contribution >= 0.6 is 0 Å². The molecule has 9 nitrogen and oxygen atoms in total. The molecule has 1 heterocycles. The van der Waals surface area contributed by atoms with Crippen molar-refractivity contribution in [2.45, 2.75) is 25.3 Å². The molecule has 1 N–H and O–H groups in total. The number of sulfonamides is 1. The van der Waals surface area contributed by atoms with Crippen LogP contribution in [0.25, 0.3) is 0 Å². The van der Waals surface area contributed by atoms with Crippen molar-refractivity contribution in [1.82, 2.24) is 9.29 Å². The summed E-state index contributed by atoms with van der Waals surface area (Å²) in [5.74, 6) is 0.647. The molecule has 0 aliphatic heterocycles. The molecule has 1 aromatic heterocycles. The van der Waals surface area contributed by atoms with E-state index in [0.29, 0.717) is 36.8 Å². The number of rotatable bonds is 11. The summed E-state index contributed by atoms with van der Waals surface area (Å²) in [5.41, 5.74) is 4.91. The molecular weight excluding hydrogens is 468 g/mol. The van der Waals surface area contributed by atoms with Crippen molar-refractivity contribution in [3.63, 3.8) is 0 Å². The van der Waals surface area contributed by atoms with Crippen LogP contribution in [0.4, 0.5) is 5.82 Å². The Morgan fingerprint density at radius 1 is 1.06 bits per heavy atom. The van der Waals surface area contributed by atoms with Crippen molar-refractivity contribution in [1.29, 1.82) is 0 Å². The Kier molecular flexibility index (Phi) is 8.93. The average molecular weight is 497 g/mol. The predicted octanol–water partition coefficient (Wildman–Crippen LogP) is 3.92. The molecule has 0 saturated heterocycles. The highest BCUT2D eigenvalue weighted by Crippen LogP contribution is 2.19. The first-order valence-electron chi connectivity index (χ1n) is 11.0. The molecule has 0 aliphatic rings. The van der Waals surface area contributed by atoms with Crippen LogP contribution in [0.15, 0.2) is 76.9 Å². The topological polar surface area (TPSA) is 110 Å². The fourth-order valence-corrected chi connectivity index (χ4v) is 4.62. The maximum absolute atomic E-state index is 12.6. The SMILES string of the molecule is CCN(CC)S(=O)(=O)c1ccc(N/N=C\c2ccccc2OCc2ccc(C(=O)OC)cc2)nc1. The summed E-state index contributed by atoms with van der Waals surface area (Å²) < 4.78 is 37.1. The van der Waals surface area contributed by atoms with Gasteiger partial charge < -0.3 is 9.47 Å². The van der Waals surface area contributed by atoms with Crippen LogP contribution in [0.3, 0.4) is 0 Å². The van der Waals surface area contributed by atoms with Crippen molar-refractivity contribution in [2.75, 3.05) is 25.6 Å². The van der Waals surface area contributed by atoms with Crippen molar-refractivity contribution in [3.05, 3.63) is 83.6 Å². The number of carbonyl (C=O) groups excluding carboxylic acids is 1. The molecule has 0 amide bonds. The molecule has 0 aliphatic carbocycles. The lowest BCUT2D eigenvalue weighted by atomic mass is 10.1. The van der Waals surface area contributed by atoms with Crippen LogP contribution in [-0.2, 0) is 21.4 Å². The van der Waals surface area contributed by atoms with Crippen molar-refractivity contribution in [2.24, 2.45) is 5.10 Å². The van der Waals surface area contributed by atoms with Gasteiger partial charge in [-0.2, -0.15) is 9.41 Å². The number of carbonyl (C=O) groups is 1. The summed E-state index contributed by atoms with van der Waals surface area (Å²) in [6.07, 6.45) is 2.91. The van der Waals surface area contributed by atoms with E-state index in [4.69, 9.17) is 9.47 Å². The van der Waals surface area contributed by atoms with Crippen LogP contribution in [0, 0.1) is 0 Å². The Hall–Kier alpha value is -3.76. The molecule has 184 valence electrons. The maximum Gasteiger partial charge on any atom is 0.337 e. The summed E-state index contributed by atoms with van der Waals surface area (Å²) >= 11 is 0. The number of aromatic nitrogens is 1. The third-order valence-corrected chi connectivity index (χ3v) is 7.18. The van der Waals surface area contributed by atoms with Gasteiger partial charge in [-0.25, -0.2) is 18.2 Å². The number of nitrogens with zero attached hydrogens (tertiary/aromatic N) is 3. The van der Waals surface area contributed by atoms with Gasteiger partial charge in [0.05, 0.1) is 18.9 Å². The summed E-state index contributed by atoms with van der Waals surface area (Å²) in [6.45, 7) is 4.68. The summed E-state index contributed by atoms with van der Waals surface area (Å²) in [5, 5.41) is 4.20. The molecule has 0 bridgehead atoms. The fourth-order valence-electron chi connectivity index (χ4n) is 3.21. The van der Waals surface area contributed by atoms with Gasteiger partial charge >= 0.3 is 5.97 Å². The van der Waals surface area contributed by atoms with E-state index in [2.05, 4.69) is 15.5 Å². The van der Waals surface area contributed by atoms with Crippen LogP contribution in [-0.4, -0.2) is 50.1 Å². The molecule has 0 spiro atoms. The lowest BCUT2D eigenvalue weighted by Gasteiger charge is -2.18. The second kappa shape index (κ2) is 12.1. The fraction of sp³-hybridized carbons (Fsp3) is 0.240. The second-order valence-corrected chi connectivity index (χ2v) is 9.29. The number of anilines is 1. The molecule has 3 rings (SSSR count). The lowest BCUT2D eigenvalue weighted by Crippen LogP contribution is -2.30. The van der Waals surface area contributed by atoms with Crippen molar-refractivity contribution >= 4 is 28.0 Å². The van der Waals surface area contributed by atoms with Crippen molar-refractivity contribution in [3.8, 4) is 5.75 Å². The minimum Gasteiger partial charge on any atom is -0.488 e. The minimum absolute atomic E-state index is 0.133. The minimum atomic E-state index is -3.56. The Labute approximate surface area is 205 Å². The Morgan fingerprint density at radius 2 is 1.77 bits per heavy atom. The highest BCUT2D eigenvalue weighted by Gasteiger charge is 2.21. The number of methoxy groups -OCH3 is 1. The van der Waals surface area contributed by atoms with E-state index in [9.17, 15) is 13.2 Å². The van der Waals surface area contributed by atoms with E-state index in [0.717, 1.165) is 11.1 Å². The Morgan fingerprint density at radius 3 is 2.40 bits per heavy atom. The van der Waals surface area contributed by atoms with E-state index < -0.39 is 10.0 Å². The van der Waals surface area contributed by atoms with Gasteiger partial charge in [-0.3, -0.25) is 5.43 Å². The van der Waals surface area contributed by atoms with Gasteiger partial charge in [0.2, 0.25) is 10.0 Å². The number of hydrazone groups is 1. The predicted molar refractivity (Wildman–Crippen MR) is 134 cm³/mol. The van der Waals surface area contributed by atoms with Crippen LogP contribution in [0.2, 0.25) is 0 Å². The summed E-state index contributed by atoms with van der Waals surface area (Å²) in [7, 11) is -2.22. The van der Waals surface area contributed by atoms with E-state index in [-0.39, 0.29) is 10.9 Å². The van der Waals surface area contributed by atoms with Gasteiger partial charge in [0, 0.05) is 24.8 Å². The van der Waals surface area contributed by atoms with E-state index >= 15 is 0 Å². The number of hydrogen-bond acceptors (Lipinski definition) is 8. The quantitative estimate of drug-likeness (QED) is 0.243. The molecular formula is C25H28N4O5S. The molecule has 0 unspecified atom stereocenters. The molecule has 3 aromatic rings. The second-order valence-electron chi connectivity index (χ2n) is 7.35. The number of pyridine rings is 1. The first-order chi connectivity index (χ1) is 16.9. The number of para-hydroxylation sites is 1. The molecule has 2 aromatic carbocycles. The molecule has 35 heavy (non-hydrogen) atoms. The van der Waals surface area contributed by atoms with Crippen LogP contribution in [0.1, 0.15) is 35.3 Å². The van der Waals surface area contributed by atoms with Gasteiger partial charge in [0.15, 0.2) is 0 Å². The molecule has 0 fully saturated rings. The highest BCUT2D eigenvalue weighted by molar-refractivity contribution is 7.89. The van der Waals surface area contributed by atoms with Gasteiger partial charge in [-0.1, -0.05) is 38.1 Å². The van der Waals surface area contributed by atoms with Crippen molar-refractivity contribution < 1.29 is 22.7 Å². The number of esters is 1. The first-order valence-corrected chi connectivity index (χ1v) is 12.5. The normalized spacial score (nSPS) is 11.5. The van der Waals surface area contributed by atoms with E-state index in [1.165, 1.54) is 23.7 Å². The van der Waals surface area contributed by atoms with Gasteiger partial charge in [-0.15, -0.1) is 0 Å². The molecule has 0 atom stereocenters. The largest absolute Gasteiger partial charge is 0.488 e. The number of hydrogen-bond donors (Lipinski definition) is 1. The van der Waals surface area contributed by atoms with Crippen LogP contribution in [0.5, 0.6) is 5.75 Å². The Bertz CT molecular complexity index is 1260. The van der Waals surface area contributed by atoms with Crippen LogP contribution < -0.4 is 10.2 Å². The Balaban J connectivity index is 1.63. The zero-order valence-electron chi connectivity index (χ0n) is 19.8. The third-order valence-electron chi connectivity index (χ3n) is 5.15. The zero-order valence-corrected chi connectivity index (χ0v) is 20.7. The summed E-state index contributed by atoms with van der Waals surface area (Å²) in [4.78, 5) is 15.8. The van der Waals surface area contributed by atoms with E-state index in [1.807, 2.05) is 24.3 Å². The number of ether oxygens (including phenoxy) is 2.